The highest BCUT2D eigenvalue weighted by molar-refractivity contribution is 9.10. The maximum atomic E-state index is 5.91. The molecule has 0 aliphatic heterocycles. The Labute approximate surface area is 125 Å². The van der Waals surface area contributed by atoms with Crippen LogP contribution in [0.2, 0.25) is 0 Å². The lowest BCUT2D eigenvalue weighted by atomic mass is 10.2. The smallest absolute Gasteiger partial charge is 0.241 e. The molecule has 0 N–H and O–H groups in total. The number of hydrogen-bond acceptors (Lipinski definition) is 3. The van der Waals surface area contributed by atoms with E-state index in [9.17, 15) is 0 Å². The number of ether oxygens (including phenoxy) is 1. The van der Waals surface area contributed by atoms with Crippen LogP contribution in [0.4, 0.5) is 0 Å². The van der Waals surface area contributed by atoms with E-state index in [0.717, 1.165) is 32.5 Å². The molecule has 0 atom stereocenters. The molecule has 0 aliphatic rings. The monoisotopic (exact) mass is 328 g/mol. The Balaban J connectivity index is 2.03. The van der Waals surface area contributed by atoms with Gasteiger partial charge in [0, 0.05) is 4.47 Å². The molecule has 0 radical (unpaired) electrons. The molecule has 1 heterocycles. The van der Waals surface area contributed by atoms with Gasteiger partial charge in [-0.05, 0) is 49.7 Å². The molecule has 20 heavy (non-hydrogen) atoms. The molecule has 0 unspecified atom stereocenters. The molecule has 1 aromatic heterocycles. The predicted molar refractivity (Wildman–Crippen MR) is 83.2 cm³/mol. The van der Waals surface area contributed by atoms with Crippen molar-refractivity contribution in [2.75, 3.05) is 0 Å². The standard InChI is InChI=1S/C16H13BrN2O/c1-10-9-12(17)7-8-15(10)20-16-11(2)18-13-5-3-4-6-14(13)19-16/h3-9H,1-2H3. The summed E-state index contributed by atoms with van der Waals surface area (Å²) in [7, 11) is 0. The summed E-state index contributed by atoms with van der Waals surface area (Å²) >= 11 is 3.45. The molecule has 100 valence electrons. The van der Waals surface area contributed by atoms with Gasteiger partial charge in [0.15, 0.2) is 0 Å². The number of rotatable bonds is 2. The van der Waals surface area contributed by atoms with E-state index in [1.165, 1.54) is 0 Å². The Bertz CT molecular complexity index is 787. The van der Waals surface area contributed by atoms with Crippen LogP contribution in [0.25, 0.3) is 11.0 Å². The van der Waals surface area contributed by atoms with Gasteiger partial charge < -0.3 is 4.74 Å². The molecule has 4 heteroatoms. The van der Waals surface area contributed by atoms with Crippen LogP contribution < -0.4 is 4.74 Å². The number of aromatic nitrogens is 2. The number of nitrogens with zero attached hydrogens (tertiary/aromatic N) is 2. The lowest BCUT2D eigenvalue weighted by Crippen LogP contribution is -1.96. The van der Waals surface area contributed by atoms with Crippen LogP contribution in [0.3, 0.4) is 0 Å². The van der Waals surface area contributed by atoms with E-state index in [1.807, 2.05) is 56.3 Å². The summed E-state index contributed by atoms with van der Waals surface area (Å²) in [5.74, 6) is 1.34. The summed E-state index contributed by atoms with van der Waals surface area (Å²) in [4.78, 5) is 9.06. The van der Waals surface area contributed by atoms with E-state index in [-0.39, 0.29) is 0 Å². The highest BCUT2D eigenvalue weighted by Gasteiger charge is 2.09. The third-order valence-corrected chi connectivity index (χ3v) is 3.54. The average Bonchev–Trinajstić information content (AvgIpc) is 2.42. The van der Waals surface area contributed by atoms with Crippen molar-refractivity contribution in [2.45, 2.75) is 13.8 Å². The van der Waals surface area contributed by atoms with Crippen molar-refractivity contribution < 1.29 is 4.74 Å². The molecule has 3 rings (SSSR count). The fourth-order valence-electron chi connectivity index (χ4n) is 2.00. The molecule has 0 saturated carbocycles. The molecule has 0 bridgehead atoms. The first kappa shape index (κ1) is 13.1. The quantitative estimate of drug-likeness (QED) is 0.677. The number of benzene rings is 2. The van der Waals surface area contributed by atoms with Crippen LogP contribution in [-0.4, -0.2) is 9.97 Å². The summed E-state index contributed by atoms with van der Waals surface area (Å²) in [5, 5.41) is 0. The van der Waals surface area contributed by atoms with Gasteiger partial charge in [0.05, 0.1) is 11.0 Å². The lowest BCUT2D eigenvalue weighted by Gasteiger charge is -2.10. The summed E-state index contributed by atoms with van der Waals surface area (Å²) in [6.45, 7) is 3.91. The van der Waals surface area contributed by atoms with Crippen molar-refractivity contribution in [3.05, 3.63) is 58.2 Å². The van der Waals surface area contributed by atoms with Gasteiger partial charge in [-0.1, -0.05) is 28.1 Å². The van der Waals surface area contributed by atoms with Gasteiger partial charge in [0.2, 0.25) is 5.88 Å². The first-order chi connectivity index (χ1) is 9.63. The molecule has 2 aromatic carbocycles. The second-order valence-electron chi connectivity index (χ2n) is 4.61. The second-order valence-corrected chi connectivity index (χ2v) is 5.53. The molecule has 3 aromatic rings. The van der Waals surface area contributed by atoms with Crippen molar-refractivity contribution in [3.8, 4) is 11.6 Å². The molecule has 0 fully saturated rings. The maximum Gasteiger partial charge on any atom is 0.241 e. The molecular weight excluding hydrogens is 316 g/mol. The largest absolute Gasteiger partial charge is 0.437 e. The summed E-state index contributed by atoms with van der Waals surface area (Å²) in [6, 6.07) is 13.7. The molecule has 0 amide bonds. The van der Waals surface area contributed by atoms with Gasteiger partial charge in [0.25, 0.3) is 0 Å². The first-order valence-corrected chi connectivity index (χ1v) is 7.10. The Morgan fingerprint density at radius 2 is 1.65 bits per heavy atom. The second kappa shape index (κ2) is 5.21. The molecule has 0 spiro atoms. The number of fused-ring (bicyclic) bond motifs is 1. The normalized spacial score (nSPS) is 10.8. The number of aryl methyl sites for hydroxylation is 2. The molecule has 3 nitrogen and oxygen atoms in total. The fourth-order valence-corrected chi connectivity index (χ4v) is 2.48. The molecular formula is C16H13BrN2O. The molecule has 0 aliphatic carbocycles. The summed E-state index contributed by atoms with van der Waals surface area (Å²) in [6.07, 6.45) is 0. The van der Waals surface area contributed by atoms with Crippen molar-refractivity contribution in [1.82, 2.24) is 9.97 Å². The van der Waals surface area contributed by atoms with Crippen LogP contribution in [0.5, 0.6) is 11.6 Å². The Hall–Kier alpha value is -1.94. The zero-order chi connectivity index (χ0) is 14.1. The van der Waals surface area contributed by atoms with Gasteiger partial charge in [0.1, 0.15) is 11.4 Å². The van der Waals surface area contributed by atoms with Crippen molar-refractivity contribution >= 4 is 27.0 Å². The van der Waals surface area contributed by atoms with Crippen LogP contribution in [-0.2, 0) is 0 Å². The fraction of sp³-hybridized carbons (Fsp3) is 0.125. The summed E-state index contributed by atoms with van der Waals surface area (Å²) in [5.41, 5.74) is 3.55. The third-order valence-electron chi connectivity index (χ3n) is 3.05. The van der Waals surface area contributed by atoms with Crippen LogP contribution in [0.1, 0.15) is 11.3 Å². The van der Waals surface area contributed by atoms with E-state index < -0.39 is 0 Å². The maximum absolute atomic E-state index is 5.91. The Morgan fingerprint density at radius 3 is 2.35 bits per heavy atom. The number of hydrogen-bond donors (Lipinski definition) is 0. The van der Waals surface area contributed by atoms with Crippen LogP contribution in [0, 0.1) is 13.8 Å². The topological polar surface area (TPSA) is 35.0 Å². The number of para-hydroxylation sites is 2. The SMILES string of the molecule is Cc1cc(Br)ccc1Oc1nc2ccccc2nc1C. The van der Waals surface area contributed by atoms with E-state index in [2.05, 4.69) is 25.9 Å². The highest BCUT2D eigenvalue weighted by Crippen LogP contribution is 2.28. The zero-order valence-corrected chi connectivity index (χ0v) is 12.8. The Kier molecular flexibility index (Phi) is 3.40. The minimum atomic E-state index is 0.550. The van der Waals surface area contributed by atoms with E-state index in [0.29, 0.717) is 5.88 Å². The minimum Gasteiger partial charge on any atom is -0.437 e. The predicted octanol–water partition coefficient (Wildman–Crippen LogP) is 4.80. The van der Waals surface area contributed by atoms with E-state index in [1.54, 1.807) is 0 Å². The lowest BCUT2D eigenvalue weighted by molar-refractivity contribution is 0.454. The highest BCUT2D eigenvalue weighted by atomic mass is 79.9. The third kappa shape index (κ3) is 2.51. The van der Waals surface area contributed by atoms with E-state index in [4.69, 9.17) is 4.74 Å². The van der Waals surface area contributed by atoms with Crippen molar-refractivity contribution in [1.29, 1.82) is 0 Å². The van der Waals surface area contributed by atoms with E-state index >= 15 is 0 Å². The van der Waals surface area contributed by atoms with Crippen LogP contribution in [0.15, 0.2) is 46.9 Å². The average molecular weight is 329 g/mol. The van der Waals surface area contributed by atoms with Crippen molar-refractivity contribution in [2.24, 2.45) is 0 Å². The first-order valence-electron chi connectivity index (χ1n) is 6.31. The van der Waals surface area contributed by atoms with Gasteiger partial charge >= 0.3 is 0 Å². The van der Waals surface area contributed by atoms with Gasteiger partial charge in [-0.2, -0.15) is 0 Å². The van der Waals surface area contributed by atoms with Crippen molar-refractivity contribution in [3.63, 3.8) is 0 Å². The minimum absolute atomic E-state index is 0.550. The van der Waals surface area contributed by atoms with Crippen LogP contribution >= 0.6 is 15.9 Å². The van der Waals surface area contributed by atoms with Gasteiger partial charge in [-0.25, -0.2) is 9.97 Å². The van der Waals surface area contributed by atoms with Gasteiger partial charge in [-0.3, -0.25) is 0 Å². The zero-order valence-electron chi connectivity index (χ0n) is 11.2. The Morgan fingerprint density at radius 1 is 0.950 bits per heavy atom. The molecule has 0 saturated heterocycles. The van der Waals surface area contributed by atoms with Gasteiger partial charge in [-0.15, -0.1) is 0 Å². The summed E-state index contributed by atoms with van der Waals surface area (Å²) < 4.78 is 6.94. The number of halogens is 1.